The zero-order chi connectivity index (χ0) is 20.3. The standard InChI is InChI=1S/C22H26N2O4S/c25-22(24-12-3-4-13-24)16-28-20-9-5-8-19(15-20)23-29(26,27)21-11-10-17-6-1-2-7-18(17)14-21/h5,8-11,14-15,23H,1-4,6-7,12-13,16H2. The van der Waals surface area contributed by atoms with Crippen molar-refractivity contribution in [1.29, 1.82) is 0 Å². The van der Waals surface area contributed by atoms with Gasteiger partial charge in [0.05, 0.1) is 10.6 Å². The Bertz CT molecular complexity index is 998. The zero-order valence-electron chi connectivity index (χ0n) is 16.4. The van der Waals surface area contributed by atoms with Crippen LogP contribution in [0.4, 0.5) is 5.69 Å². The Labute approximate surface area is 171 Å². The fourth-order valence-corrected chi connectivity index (χ4v) is 5.04. The number of carbonyl (C=O) groups is 1. The molecule has 0 unspecified atom stereocenters. The van der Waals surface area contributed by atoms with Crippen molar-refractivity contribution in [3.63, 3.8) is 0 Å². The summed E-state index contributed by atoms with van der Waals surface area (Å²) in [6.07, 6.45) is 6.26. The van der Waals surface area contributed by atoms with Crippen molar-refractivity contribution < 1.29 is 17.9 Å². The highest BCUT2D eigenvalue weighted by molar-refractivity contribution is 7.92. The fourth-order valence-electron chi connectivity index (χ4n) is 3.94. The van der Waals surface area contributed by atoms with E-state index in [1.807, 2.05) is 6.07 Å². The largest absolute Gasteiger partial charge is 0.484 e. The molecule has 0 spiro atoms. The highest BCUT2D eigenvalue weighted by atomic mass is 32.2. The Balaban J connectivity index is 1.43. The summed E-state index contributed by atoms with van der Waals surface area (Å²) in [5.41, 5.74) is 2.78. The lowest BCUT2D eigenvalue weighted by Crippen LogP contribution is -2.32. The summed E-state index contributed by atoms with van der Waals surface area (Å²) >= 11 is 0. The molecule has 29 heavy (non-hydrogen) atoms. The predicted octanol–water partition coefficient (Wildman–Crippen LogP) is 3.37. The van der Waals surface area contributed by atoms with Crippen molar-refractivity contribution in [2.45, 2.75) is 43.4 Å². The molecule has 4 rings (SSSR count). The van der Waals surface area contributed by atoms with Crippen molar-refractivity contribution >= 4 is 21.6 Å². The van der Waals surface area contributed by atoms with E-state index in [1.54, 1.807) is 41.3 Å². The topological polar surface area (TPSA) is 75.7 Å². The first-order valence-electron chi connectivity index (χ1n) is 10.2. The molecule has 1 heterocycles. The Hall–Kier alpha value is -2.54. The SMILES string of the molecule is O=C(COc1cccc(NS(=O)(=O)c2ccc3c(c2)CCCC3)c1)N1CCCC1. The summed E-state index contributed by atoms with van der Waals surface area (Å²) in [4.78, 5) is 14.2. The van der Waals surface area contributed by atoms with Gasteiger partial charge in [0.2, 0.25) is 0 Å². The highest BCUT2D eigenvalue weighted by Gasteiger charge is 2.19. The molecule has 2 aromatic carbocycles. The number of nitrogens with zero attached hydrogens (tertiary/aromatic N) is 1. The van der Waals surface area contributed by atoms with Crippen molar-refractivity contribution in [3.8, 4) is 5.75 Å². The van der Waals surface area contributed by atoms with E-state index in [0.29, 0.717) is 11.4 Å². The molecular formula is C22H26N2O4S. The number of nitrogens with one attached hydrogen (secondary N) is 1. The molecule has 1 N–H and O–H groups in total. The monoisotopic (exact) mass is 414 g/mol. The van der Waals surface area contributed by atoms with E-state index in [4.69, 9.17) is 4.74 Å². The number of benzene rings is 2. The van der Waals surface area contributed by atoms with Crippen LogP contribution >= 0.6 is 0 Å². The van der Waals surface area contributed by atoms with E-state index in [0.717, 1.165) is 57.2 Å². The lowest BCUT2D eigenvalue weighted by atomic mass is 9.92. The van der Waals surface area contributed by atoms with Crippen LogP contribution in [0.5, 0.6) is 5.75 Å². The normalized spacial score (nSPS) is 16.3. The molecule has 1 amide bonds. The number of hydrogen-bond acceptors (Lipinski definition) is 4. The van der Waals surface area contributed by atoms with Gasteiger partial charge in [-0.3, -0.25) is 9.52 Å². The smallest absolute Gasteiger partial charge is 0.261 e. The third-order valence-corrected chi connectivity index (χ3v) is 6.92. The number of hydrogen-bond donors (Lipinski definition) is 1. The van der Waals surface area contributed by atoms with Crippen LogP contribution in [0.15, 0.2) is 47.4 Å². The summed E-state index contributed by atoms with van der Waals surface area (Å²) in [6.45, 7) is 1.52. The van der Waals surface area contributed by atoms with Gasteiger partial charge in [-0.15, -0.1) is 0 Å². The fraction of sp³-hybridized carbons (Fsp3) is 0.409. The summed E-state index contributed by atoms with van der Waals surface area (Å²) < 4.78 is 33.9. The summed E-state index contributed by atoms with van der Waals surface area (Å²) in [5, 5.41) is 0. The van der Waals surface area contributed by atoms with Crippen molar-refractivity contribution in [1.82, 2.24) is 4.90 Å². The van der Waals surface area contributed by atoms with Gasteiger partial charge >= 0.3 is 0 Å². The Morgan fingerprint density at radius 2 is 1.72 bits per heavy atom. The number of rotatable bonds is 6. The molecule has 0 aromatic heterocycles. The van der Waals surface area contributed by atoms with Crippen LogP contribution in [-0.2, 0) is 27.7 Å². The van der Waals surface area contributed by atoms with Crippen LogP contribution in [0.3, 0.4) is 0 Å². The second-order valence-electron chi connectivity index (χ2n) is 7.65. The summed E-state index contributed by atoms with van der Waals surface area (Å²) in [6, 6.07) is 12.1. The second-order valence-corrected chi connectivity index (χ2v) is 9.33. The van der Waals surface area contributed by atoms with Gasteiger partial charge in [-0.1, -0.05) is 12.1 Å². The first-order valence-corrected chi connectivity index (χ1v) is 11.6. The molecule has 0 bridgehead atoms. The van der Waals surface area contributed by atoms with Gasteiger partial charge in [0.15, 0.2) is 6.61 Å². The molecule has 1 saturated heterocycles. The number of anilines is 1. The van der Waals surface area contributed by atoms with E-state index in [2.05, 4.69) is 4.72 Å². The molecule has 2 aromatic rings. The maximum atomic E-state index is 12.8. The average Bonchev–Trinajstić information content (AvgIpc) is 3.27. The minimum Gasteiger partial charge on any atom is -0.484 e. The van der Waals surface area contributed by atoms with E-state index < -0.39 is 10.0 Å². The van der Waals surface area contributed by atoms with Crippen molar-refractivity contribution in [3.05, 3.63) is 53.6 Å². The van der Waals surface area contributed by atoms with Gasteiger partial charge in [-0.2, -0.15) is 0 Å². The number of amides is 1. The maximum absolute atomic E-state index is 12.8. The van der Waals surface area contributed by atoms with Crippen LogP contribution in [-0.4, -0.2) is 38.9 Å². The molecule has 0 radical (unpaired) electrons. The molecule has 1 fully saturated rings. The molecule has 0 atom stereocenters. The lowest BCUT2D eigenvalue weighted by Gasteiger charge is -2.17. The Kier molecular flexibility index (Phi) is 5.76. The van der Waals surface area contributed by atoms with Crippen molar-refractivity contribution in [2.75, 3.05) is 24.4 Å². The molecule has 154 valence electrons. The van der Waals surface area contributed by atoms with Crippen LogP contribution in [0, 0.1) is 0 Å². The number of aryl methyl sites for hydroxylation is 2. The van der Waals surface area contributed by atoms with E-state index >= 15 is 0 Å². The molecular weight excluding hydrogens is 388 g/mol. The number of carbonyl (C=O) groups excluding carboxylic acids is 1. The number of likely N-dealkylation sites (tertiary alicyclic amines) is 1. The van der Waals surface area contributed by atoms with Gasteiger partial charge < -0.3 is 9.64 Å². The average molecular weight is 415 g/mol. The van der Waals surface area contributed by atoms with Gasteiger partial charge in [0, 0.05) is 19.2 Å². The van der Waals surface area contributed by atoms with Gasteiger partial charge in [-0.05, 0) is 73.9 Å². The quantitative estimate of drug-likeness (QED) is 0.786. The highest BCUT2D eigenvalue weighted by Crippen LogP contribution is 2.26. The first kappa shape index (κ1) is 19.8. The number of sulfonamides is 1. The second kappa shape index (κ2) is 8.45. The Morgan fingerprint density at radius 1 is 0.966 bits per heavy atom. The molecule has 6 nitrogen and oxygen atoms in total. The minimum absolute atomic E-state index is 0.0393. The van der Waals surface area contributed by atoms with Gasteiger partial charge in [-0.25, -0.2) is 8.42 Å². The van der Waals surface area contributed by atoms with Crippen LogP contribution < -0.4 is 9.46 Å². The molecule has 2 aliphatic rings. The van der Waals surface area contributed by atoms with Crippen LogP contribution in [0.25, 0.3) is 0 Å². The first-order chi connectivity index (χ1) is 14.0. The molecule has 1 aliphatic carbocycles. The zero-order valence-corrected chi connectivity index (χ0v) is 17.2. The van der Waals surface area contributed by atoms with Gasteiger partial charge in [0.25, 0.3) is 15.9 Å². The third kappa shape index (κ3) is 4.72. The predicted molar refractivity (Wildman–Crippen MR) is 112 cm³/mol. The summed E-state index contributed by atoms with van der Waals surface area (Å²) in [5.74, 6) is 0.422. The Morgan fingerprint density at radius 3 is 2.52 bits per heavy atom. The minimum atomic E-state index is -3.69. The molecule has 7 heteroatoms. The van der Waals surface area contributed by atoms with Crippen LogP contribution in [0.1, 0.15) is 36.8 Å². The molecule has 0 saturated carbocycles. The van der Waals surface area contributed by atoms with E-state index in [1.165, 1.54) is 5.56 Å². The number of ether oxygens (including phenoxy) is 1. The lowest BCUT2D eigenvalue weighted by molar-refractivity contribution is -0.132. The van der Waals surface area contributed by atoms with E-state index in [-0.39, 0.29) is 17.4 Å². The van der Waals surface area contributed by atoms with Crippen LogP contribution in [0.2, 0.25) is 0 Å². The third-order valence-electron chi connectivity index (χ3n) is 5.54. The summed E-state index contributed by atoms with van der Waals surface area (Å²) in [7, 11) is -3.69. The van der Waals surface area contributed by atoms with E-state index in [9.17, 15) is 13.2 Å². The number of fused-ring (bicyclic) bond motifs is 1. The van der Waals surface area contributed by atoms with Gasteiger partial charge in [0.1, 0.15) is 5.75 Å². The maximum Gasteiger partial charge on any atom is 0.261 e. The van der Waals surface area contributed by atoms with Crippen molar-refractivity contribution in [2.24, 2.45) is 0 Å². The molecule has 1 aliphatic heterocycles.